The lowest BCUT2D eigenvalue weighted by atomic mass is 9.95. The summed E-state index contributed by atoms with van der Waals surface area (Å²) in [6.07, 6.45) is 5.42. The van der Waals surface area contributed by atoms with Crippen LogP contribution in [-0.2, 0) is 33.7 Å². The number of aromatic nitrogens is 1. The standard InChI is InChI=1S/C21H22N2O6S/c1-2-27-21(25)19-14-6-3-4-8-17(14)30-20(19)22-18(24)12-26-11-13-10-16(29-23-13)15-7-5-9-28-15/h5,7,9-10H,2-4,6,8,11-12H2,1H3,(H,22,24). The first-order valence-corrected chi connectivity index (χ1v) is 10.7. The van der Waals surface area contributed by atoms with Crippen molar-refractivity contribution in [1.29, 1.82) is 0 Å². The molecule has 158 valence electrons. The molecule has 0 radical (unpaired) electrons. The fraction of sp³-hybridized carbons (Fsp3) is 0.381. The number of rotatable bonds is 8. The van der Waals surface area contributed by atoms with Crippen LogP contribution in [0.4, 0.5) is 5.00 Å². The molecule has 0 saturated heterocycles. The Morgan fingerprint density at radius 3 is 2.93 bits per heavy atom. The second-order valence-electron chi connectivity index (χ2n) is 6.84. The second kappa shape index (κ2) is 9.27. The number of hydrogen-bond donors (Lipinski definition) is 1. The molecule has 0 bridgehead atoms. The molecule has 1 N–H and O–H groups in total. The van der Waals surface area contributed by atoms with Crippen LogP contribution < -0.4 is 5.32 Å². The van der Waals surface area contributed by atoms with E-state index in [9.17, 15) is 9.59 Å². The highest BCUT2D eigenvalue weighted by Crippen LogP contribution is 2.38. The Balaban J connectivity index is 1.36. The van der Waals surface area contributed by atoms with Crippen LogP contribution in [0.5, 0.6) is 0 Å². The number of hydrogen-bond acceptors (Lipinski definition) is 8. The molecule has 0 atom stereocenters. The lowest BCUT2D eigenvalue weighted by molar-refractivity contribution is -0.121. The number of fused-ring (bicyclic) bond motifs is 1. The number of carbonyl (C=O) groups is 2. The molecule has 0 fully saturated rings. The molecule has 3 aromatic heterocycles. The number of nitrogens with zero attached hydrogens (tertiary/aromatic N) is 1. The number of anilines is 1. The smallest absolute Gasteiger partial charge is 0.341 e. The van der Waals surface area contributed by atoms with Crippen LogP contribution in [0.2, 0.25) is 0 Å². The van der Waals surface area contributed by atoms with E-state index < -0.39 is 0 Å². The van der Waals surface area contributed by atoms with Crippen molar-refractivity contribution in [3.63, 3.8) is 0 Å². The van der Waals surface area contributed by atoms with E-state index in [1.807, 2.05) is 0 Å². The van der Waals surface area contributed by atoms with Crippen LogP contribution in [0.3, 0.4) is 0 Å². The zero-order chi connectivity index (χ0) is 20.9. The van der Waals surface area contributed by atoms with Crippen molar-refractivity contribution >= 4 is 28.2 Å². The molecule has 8 nitrogen and oxygen atoms in total. The van der Waals surface area contributed by atoms with Crippen molar-refractivity contribution in [2.24, 2.45) is 0 Å². The Kier molecular flexibility index (Phi) is 6.29. The summed E-state index contributed by atoms with van der Waals surface area (Å²) >= 11 is 1.45. The molecule has 0 saturated carbocycles. The summed E-state index contributed by atoms with van der Waals surface area (Å²) in [6, 6.07) is 5.22. The Labute approximate surface area is 177 Å². The minimum atomic E-state index is -0.388. The molecule has 4 rings (SSSR count). The van der Waals surface area contributed by atoms with Crippen molar-refractivity contribution in [3.8, 4) is 11.5 Å². The van der Waals surface area contributed by atoms with Crippen LogP contribution in [0.1, 0.15) is 46.3 Å². The van der Waals surface area contributed by atoms with E-state index in [-0.39, 0.29) is 31.7 Å². The van der Waals surface area contributed by atoms with Crippen molar-refractivity contribution < 1.29 is 28.0 Å². The Morgan fingerprint density at radius 1 is 1.27 bits per heavy atom. The first-order chi connectivity index (χ1) is 14.7. The summed E-state index contributed by atoms with van der Waals surface area (Å²) in [6.45, 7) is 2.00. The molecule has 30 heavy (non-hydrogen) atoms. The van der Waals surface area contributed by atoms with Gasteiger partial charge in [0, 0.05) is 10.9 Å². The minimum Gasteiger partial charge on any atom is -0.462 e. The number of ether oxygens (including phenoxy) is 2. The summed E-state index contributed by atoms with van der Waals surface area (Å²) in [5, 5.41) is 7.26. The molecule has 1 amide bonds. The Morgan fingerprint density at radius 2 is 2.13 bits per heavy atom. The van der Waals surface area contributed by atoms with Crippen LogP contribution in [-0.4, -0.2) is 30.2 Å². The SMILES string of the molecule is CCOC(=O)c1c(NC(=O)COCc2cc(-c3ccco3)on2)sc2c1CCCC2. The molecule has 0 unspecified atom stereocenters. The quantitative estimate of drug-likeness (QED) is 0.534. The first-order valence-electron chi connectivity index (χ1n) is 9.84. The lowest BCUT2D eigenvalue weighted by Gasteiger charge is -2.12. The van der Waals surface area contributed by atoms with Crippen LogP contribution in [0, 0.1) is 0 Å². The van der Waals surface area contributed by atoms with E-state index in [1.165, 1.54) is 11.3 Å². The van der Waals surface area contributed by atoms with Gasteiger partial charge in [-0.25, -0.2) is 4.79 Å². The fourth-order valence-electron chi connectivity index (χ4n) is 3.40. The van der Waals surface area contributed by atoms with Crippen molar-refractivity contribution in [2.45, 2.75) is 39.2 Å². The Bertz CT molecular complexity index is 1020. The van der Waals surface area contributed by atoms with E-state index in [0.29, 0.717) is 27.8 Å². The van der Waals surface area contributed by atoms with Gasteiger partial charge in [-0.3, -0.25) is 4.79 Å². The third-order valence-electron chi connectivity index (χ3n) is 4.71. The van der Waals surface area contributed by atoms with Gasteiger partial charge in [-0.2, -0.15) is 0 Å². The summed E-state index contributed by atoms with van der Waals surface area (Å²) in [4.78, 5) is 26.0. The van der Waals surface area contributed by atoms with Crippen LogP contribution in [0.25, 0.3) is 11.5 Å². The van der Waals surface area contributed by atoms with Gasteiger partial charge < -0.3 is 23.7 Å². The fourth-order valence-corrected chi connectivity index (χ4v) is 4.69. The molecule has 3 aromatic rings. The molecule has 1 aliphatic rings. The molecule has 0 aliphatic heterocycles. The minimum absolute atomic E-state index is 0.114. The summed E-state index contributed by atoms with van der Waals surface area (Å²) in [5.41, 5.74) is 2.05. The Hall–Kier alpha value is -2.91. The summed E-state index contributed by atoms with van der Waals surface area (Å²) < 4.78 is 21.1. The number of carbonyl (C=O) groups excluding carboxylic acids is 2. The summed E-state index contributed by atoms with van der Waals surface area (Å²) in [7, 11) is 0. The molecular formula is C21H22N2O6S. The maximum atomic E-state index is 12.5. The third-order valence-corrected chi connectivity index (χ3v) is 5.92. The van der Waals surface area contributed by atoms with Gasteiger partial charge in [-0.15, -0.1) is 11.3 Å². The van der Waals surface area contributed by atoms with Gasteiger partial charge in [-0.05, 0) is 50.3 Å². The van der Waals surface area contributed by atoms with Gasteiger partial charge in [0.1, 0.15) is 17.3 Å². The predicted octanol–water partition coefficient (Wildman–Crippen LogP) is 4.21. The number of amides is 1. The zero-order valence-electron chi connectivity index (χ0n) is 16.6. The van der Waals surface area contributed by atoms with Gasteiger partial charge in [0.15, 0.2) is 5.76 Å². The molecule has 9 heteroatoms. The first kappa shape index (κ1) is 20.4. The van der Waals surface area contributed by atoms with Crippen molar-refractivity contribution in [2.75, 3.05) is 18.5 Å². The van der Waals surface area contributed by atoms with Gasteiger partial charge >= 0.3 is 5.97 Å². The second-order valence-corrected chi connectivity index (χ2v) is 7.94. The van der Waals surface area contributed by atoms with E-state index in [1.54, 1.807) is 31.4 Å². The highest BCUT2D eigenvalue weighted by atomic mass is 32.1. The van der Waals surface area contributed by atoms with Gasteiger partial charge in [0.25, 0.3) is 5.91 Å². The predicted molar refractivity (Wildman–Crippen MR) is 109 cm³/mol. The van der Waals surface area contributed by atoms with Crippen molar-refractivity contribution in [1.82, 2.24) is 5.16 Å². The largest absolute Gasteiger partial charge is 0.462 e. The molecular weight excluding hydrogens is 408 g/mol. The molecule has 0 spiro atoms. The third kappa shape index (κ3) is 4.47. The number of aryl methyl sites for hydroxylation is 1. The average molecular weight is 430 g/mol. The van der Waals surface area contributed by atoms with Crippen LogP contribution >= 0.6 is 11.3 Å². The van der Waals surface area contributed by atoms with E-state index in [2.05, 4.69) is 10.5 Å². The van der Waals surface area contributed by atoms with Crippen LogP contribution in [0.15, 0.2) is 33.4 Å². The van der Waals surface area contributed by atoms with E-state index in [4.69, 9.17) is 18.4 Å². The maximum Gasteiger partial charge on any atom is 0.341 e. The molecule has 1 aliphatic carbocycles. The topological polar surface area (TPSA) is 104 Å². The van der Waals surface area contributed by atoms with E-state index >= 15 is 0 Å². The molecule has 0 aromatic carbocycles. The number of thiophene rings is 1. The lowest BCUT2D eigenvalue weighted by Crippen LogP contribution is -2.20. The number of nitrogens with one attached hydrogen (secondary N) is 1. The monoisotopic (exact) mass is 430 g/mol. The molecule has 3 heterocycles. The van der Waals surface area contributed by atoms with Gasteiger partial charge in [-0.1, -0.05) is 5.16 Å². The van der Waals surface area contributed by atoms with Gasteiger partial charge in [0.2, 0.25) is 5.76 Å². The zero-order valence-corrected chi connectivity index (χ0v) is 17.4. The van der Waals surface area contributed by atoms with Crippen molar-refractivity contribution in [3.05, 3.63) is 46.2 Å². The normalized spacial score (nSPS) is 13.1. The number of furan rings is 1. The maximum absolute atomic E-state index is 12.5. The highest BCUT2D eigenvalue weighted by molar-refractivity contribution is 7.17. The van der Waals surface area contributed by atoms with E-state index in [0.717, 1.165) is 36.1 Å². The summed E-state index contributed by atoms with van der Waals surface area (Å²) in [5.74, 6) is 0.334. The number of esters is 1. The average Bonchev–Trinajstić information content (AvgIpc) is 3.47. The highest BCUT2D eigenvalue weighted by Gasteiger charge is 2.27. The van der Waals surface area contributed by atoms with Gasteiger partial charge in [0.05, 0.1) is 25.0 Å².